The molecule has 1 aromatic heterocycles. The molecule has 0 aliphatic rings. The summed E-state index contributed by atoms with van der Waals surface area (Å²) in [5, 5.41) is -0.00222. The summed E-state index contributed by atoms with van der Waals surface area (Å²) in [6.45, 7) is 8.10. The normalized spacial score (nSPS) is 12.7. The zero-order valence-electron chi connectivity index (χ0n) is 11.4. The van der Waals surface area contributed by atoms with Gasteiger partial charge in [-0.15, -0.1) is 0 Å². The first-order chi connectivity index (χ1) is 8.66. The number of aromatic nitrogens is 1. The minimum atomic E-state index is -3.64. The second-order valence-electron chi connectivity index (χ2n) is 5.00. The quantitative estimate of drug-likeness (QED) is 0.746. The van der Waals surface area contributed by atoms with Gasteiger partial charge in [0.25, 0.3) is 0 Å². The van der Waals surface area contributed by atoms with Crippen LogP contribution in [0.25, 0.3) is 0 Å². The molecule has 0 aromatic carbocycles. The Morgan fingerprint density at radius 3 is 2.42 bits per heavy atom. The highest BCUT2D eigenvalue weighted by Crippen LogP contribution is 2.27. The van der Waals surface area contributed by atoms with Gasteiger partial charge in [0.15, 0.2) is 0 Å². The van der Waals surface area contributed by atoms with Gasteiger partial charge in [-0.1, -0.05) is 25.4 Å². The maximum absolute atomic E-state index is 12.7. The van der Waals surface area contributed by atoms with Gasteiger partial charge in [0, 0.05) is 23.3 Å². The van der Waals surface area contributed by atoms with Crippen molar-refractivity contribution < 1.29 is 8.42 Å². The lowest BCUT2D eigenvalue weighted by Gasteiger charge is -2.27. The molecule has 0 fully saturated rings. The summed E-state index contributed by atoms with van der Waals surface area (Å²) in [5.41, 5.74) is 0. The van der Waals surface area contributed by atoms with Crippen molar-refractivity contribution in [3.05, 3.63) is 21.9 Å². The molecule has 1 aromatic rings. The number of halogens is 2. The minimum absolute atomic E-state index is 0.00222. The van der Waals surface area contributed by atoms with Crippen molar-refractivity contribution >= 4 is 37.6 Å². The third-order valence-corrected chi connectivity index (χ3v) is 5.38. The molecule has 4 nitrogen and oxygen atoms in total. The molecule has 0 bridgehead atoms. The highest BCUT2D eigenvalue weighted by atomic mass is 79.9. The predicted octanol–water partition coefficient (Wildman–Crippen LogP) is 3.55. The van der Waals surface area contributed by atoms with Crippen LogP contribution in [0.4, 0.5) is 0 Å². The summed E-state index contributed by atoms with van der Waals surface area (Å²) in [6, 6.07) is 1.35. The summed E-state index contributed by atoms with van der Waals surface area (Å²) in [5.74, 6) is 0.232. The molecule has 1 rings (SSSR count). The van der Waals surface area contributed by atoms with Crippen molar-refractivity contribution in [2.45, 2.75) is 38.6 Å². The zero-order valence-corrected chi connectivity index (χ0v) is 14.6. The lowest BCUT2D eigenvalue weighted by Crippen LogP contribution is -2.39. The van der Waals surface area contributed by atoms with Gasteiger partial charge in [-0.25, -0.2) is 13.4 Å². The standard InChI is InChI=1S/C12H18BrClN2O2S/c1-8(2)7-16(9(3)4)19(17,18)11-5-10(13)6-15-12(11)14/h5-6,8-9H,7H2,1-4H3. The van der Waals surface area contributed by atoms with Gasteiger partial charge in [0.1, 0.15) is 10.0 Å². The Bertz CT molecular complexity index is 547. The summed E-state index contributed by atoms with van der Waals surface area (Å²) < 4.78 is 27.4. The number of hydrogen-bond acceptors (Lipinski definition) is 3. The molecule has 108 valence electrons. The van der Waals surface area contributed by atoms with Crippen molar-refractivity contribution in [1.29, 1.82) is 0 Å². The Kier molecular flexibility index (Phi) is 5.79. The summed E-state index contributed by atoms with van der Waals surface area (Å²) in [7, 11) is -3.64. The highest BCUT2D eigenvalue weighted by molar-refractivity contribution is 9.10. The Balaban J connectivity index is 3.30. The molecular formula is C12H18BrClN2O2S. The van der Waals surface area contributed by atoms with Crippen LogP contribution in [0.1, 0.15) is 27.7 Å². The smallest absolute Gasteiger partial charge is 0.242 e. The van der Waals surface area contributed by atoms with Crippen molar-refractivity contribution in [3.63, 3.8) is 0 Å². The average Bonchev–Trinajstić information content (AvgIpc) is 2.28. The molecular weight excluding hydrogens is 352 g/mol. The lowest BCUT2D eigenvalue weighted by atomic mass is 10.2. The van der Waals surface area contributed by atoms with Gasteiger partial charge in [0.2, 0.25) is 10.0 Å². The fourth-order valence-electron chi connectivity index (χ4n) is 1.66. The maximum Gasteiger partial charge on any atom is 0.246 e. The van der Waals surface area contributed by atoms with Crippen molar-refractivity contribution in [2.24, 2.45) is 5.92 Å². The van der Waals surface area contributed by atoms with Gasteiger partial charge in [-0.2, -0.15) is 4.31 Å². The number of nitrogens with zero attached hydrogens (tertiary/aromatic N) is 2. The molecule has 0 spiro atoms. The van der Waals surface area contributed by atoms with Crippen LogP contribution < -0.4 is 0 Å². The van der Waals surface area contributed by atoms with Gasteiger partial charge in [0.05, 0.1) is 0 Å². The summed E-state index contributed by atoms with van der Waals surface area (Å²) in [6.07, 6.45) is 1.48. The summed E-state index contributed by atoms with van der Waals surface area (Å²) >= 11 is 9.15. The van der Waals surface area contributed by atoms with Gasteiger partial charge < -0.3 is 0 Å². The third kappa shape index (κ3) is 4.15. The summed E-state index contributed by atoms with van der Waals surface area (Å²) in [4.78, 5) is 3.92. The SMILES string of the molecule is CC(C)CN(C(C)C)S(=O)(=O)c1cc(Br)cnc1Cl. The first-order valence-electron chi connectivity index (χ1n) is 5.99. The fraction of sp³-hybridized carbons (Fsp3) is 0.583. The minimum Gasteiger partial charge on any atom is -0.242 e. The molecule has 0 aliphatic heterocycles. The van der Waals surface area contributed by atoms with Crippen molar-refractivity contribution in [1.82, 2.24) is 9.29 Å². The molecule has 0 saturated heterocycles. The van der Waals surface area contributed by atoms with E-state index >= 15 is 0 Å². The van der Waals surface area contributed by atoms with Crippen LogP contribution in [0.5, 0.6) is 0 Å². The van der Waals surface area contributed by atoms with Crippen LogP contribution in [-0.2, 0) is 10.0 Å². The second kappa shape index (κ2) is 6.52. The zero-order chi connectivity index (χ0) is 14.8. The first-order valence-corrected chi connectivity index (χ1v) is 8.60. The molecule has 0 radical (unpaired) electrons. The fourth-order valence-corrected chi connectivity index (χ4v) is 4.38. The van der Waals surface area contributed by atoms with Gasteiger partial charge >= 0.3 is 0 Å². The van der Waals surface area contributed by atoms with E-state index in [1.165, 1.54) is 16.6 Å². The number of sulfonamides is 1. The van der Waals surface area contributed by atoms with E-state index in [0.717, 1.165) is 0 Å². The molecule has 0 atom stereocenters. The van der Waals surface area contributed by atoms with Crippen LogP contribution >= 0.6 is 27.5 Å². The number of hydrogen-bond donors (Lipinski definition) is 0. The molecule has 0 saturated carbocycles. The Morgan fingerprint density at radius 1 is 1.37 bits per heavy atom. The molecule has 0 aliphatic carbocycles. The Hall–Kier alpha value is -0.170. The second-order valence-corrected chi connectivity index (χ2v) is 8.14. The molecule has 0 unspecified atom stereocenters. The van der Waals surface area contributed by atoms with Crippen LogP contribution in [0.3, 0.4) is 0 Å². The van der Waals surface area contributed by atoms with E-state index < -0.39 is 10.0 Å². The first kappa shape index (κ1) is 16.9. The lowest BCUT2D eigenvalue weighted by molar-refractivity contribution is 0.319. The van der Waals surface area contributed by atoms with E-state index in [1.807, 2.05) is 27.7 Å². The van der Waals surface area contributed by atoms with Crippen LogP contribution in [-0.4, -0.2) is 30.3 Å². The van der Waals surface area contributed by atoms with E-state index in [1.54, 1.807) is 0 Å². The van der Waals surface area contributed by atoms with E-state index in [2.05, 4.69) is 20.9 Å². The van der Waals surface area contributed by atoms with E-state index in [4.69, 9.17) is 11.6 Å². The molecule has 0 N–H and O–H groups in total. The van der Waals surface area contributed by atoms with E-state index in [-0.39, 0.29) is 22.0 Å². The largest absolute Gasteiger partial charge is 0.246 e. The molecule has 7 heteroatoms. The highest BCUT2D eigenvalue weighted by Gasteiger charge is 2.30. The van der Waals surface area contributed by atoms with Crippen LogP contribution in [0.15, 0.2) is 21.6 Å². The van der Waals surface area contributed by atoms with Crippen LogP contribution in [0.2, 0.25) is 5.15 Å². The Morgan fingerprint density at radius 2 is 1.95 bits per heavy atom. The number of rotatable bonds is 5. The third-order valence-electron chi connectivity index (χ3n) is 2.48. The average molecular weight is 370 g/mol. The predicted molar refractivity (Wildman–Crippen MR) is 80.8 cm³/mol. The Labute approximate surface area is 128 Å². The molecule has 1 heterocycles. The van der Waals surface area contributed by atoms with Gasteiger partial charge in [-0.3, -0.25) is 0 Å². The van der Waals surface area contributed by atoms with Crippen molar-refractivity contribution in [2.75, 3.05) is 6.54 Å². The van der Waals surface area contributed by atoms with Gasteiger partial charge in [-0.05, 0) is 41.8 Å². The van der Waals surface area contributed by atoms with E-state index in [9.17, 15) is 8.42 Å². The number of pyridine rings is 1. The van der Waals surface area contributed by atoms with E-state index in [0.29, 0.717) is 11.0 Å². The van der Waals surface area contributed by atoms with Crippen LogP contribution in [0, 0.1) is 5.92 Å². The molecule has 19 heavy (non-hydrogen) atoms. The van der Waals surface area contributed by atoms with Crippen molar-refractivity contribution in [3.8, 4) is 0 Å². The maximum atomic E-state index is 12.7. The monoisotopic (exact) mass is 368 g/mol. The topological polar surface area (TPSA) is 50.3 Å². The molecule has 0 amide bonds.